The van der Waals surface area contributed by atoms with Crippen LogP contribution in [0, 0.1) is 0 Å². The summed E-state index contributed by atoms with van der Waals surface area (Å²) in [5.74, 6) is -0.162. The second kappa shape index (κ2) is 4.36. The van der Waals surface area contributed by atoms with Crippen molar-refractivity contribution >= 4 is 17.6 Å². The van der Waals surface area contributed by atoms with E-state index in [1.54, 1.807) is 0 Å². The highest BCUT2D eigenvalue weighted by Crippen LogP contribution is 2.14. The van der Waals surface area contributed by atoms with E-state index in [2.05, 4.69) is 15.3 Å². The van der Waals surface area contributed by atoms with Crippen LogP contribution >= 0.6 is 0 Å². The molecule has 0 saturated carbocycles. The van der Waals surface area contributed by atoms with Crippen molar-refractivity contribution in [3.8, 4) is 0 Å². The number of nitrogens with zero attached hydrogens (tertiary/aromatic N) is 2. The van der Waals surface area contributed by atoms with Crippen LogP contribution in [0.1, 0.15) is 12.8 Å². The minimum Gasteiger partial charge on any atom is -0.358 e. The lowest BCUT2D eigenvalue weighted by molar-refractivity contribution is -0.146. The van der Waals surface area contributed by atoms with Crippen molar-refractivity contribution in [1.82, 2.24) is 14.9 Å². The van der Waals surface area contributed by atoms with E-state index >= 15 is 0 Å². The van der Waals surface area contributed by atoms with Crippen LogP contribution < -0.4 is 10.9 Å². The summed E-state index contributed by atoms with van der Waals surface area (Å²) in [6.07, 6.45) is 1.98. The van der Waals surface area contributed by atoms with Gasteiger partial charge < -0.3 is 10.3 Å². The van der Waals surface area contributed by atoms with Crippen LogP contribution in [-0.4, -0.2) is 39.8 Å². The summed E-state index contributed by atoms with van der Waals surface area (Å²) in [6.45, 7) is 0. The number of anilines is 1. The van der Waals surface area contributed by atoms with E-state index in [-0.39, 0.29) is 17.4 Å². The van der Waals surface area contributed by atoms with Crippen LogP contribution in [0.15, 0.2) is 17.2 Å². The molecule has 1 atom stereocenters. The summed E-state index contributed by atoms with van der Waals surface area (Å²) < 4.78 is 0. The van der Waals surface area contributed by atoms with Crippen molar-refractivity contribution in [2.75, 3.05) is 12.4 Å². The Morgan fingerprint density at radius 2 is 2.24 bits per heavy atom. The molecule has 17 heavy (non-hydrogen) atoms. The van der Waals surface area contributed by atoms with Gasteiger partial charge in [0.1, 0.15) is 11.9 Å². The zero-order valence-electron chi connectivity index (χ0n) is 9.27. The molecule has 1 aliphatic heterocycles. The summed E-state index contributed by atoms with van der Waals surface area (Å²) >= 11 is 0. The molecule has 90 valence electrons. The lowest BCUT2D eigenvalue weighted by Crippen LogP contribution is -2.48. The number of H-pyrrole nitrogens is 1. The largest absolute Gasteiger partial charge is 0.358 e. The predicted molar refractivity (Wildman–Crippen MR) is 59.3 cm³/mol. The molecule has 1 fully saturated rings. The van der Waals surface area contributed by atoms with E-state index in [4.69, 9.17) is 0 Å². The molecule has 2 rings (SSSR count). The average Bonchev–Trinajstić information content (AvgIpc) is 2.30. The maximum atomic E-state index is 11.8. The molecule has 7 heteroatoms. The minimum atomic E-state index is -0.507. The molecule has 1 aromatic rings. The molecular formula is C10H12N4O3. The molecule has 0 bridgehead atoms. The van der Waals surface area contributed by atoms with Crippen LogP contribution in [0.2, 0.25) is 0 Å². The molecule has 2 N–H and O–H groups in total. The summed E-state index contributed by atoms with van der Waals surface area (Å²) in [5, 5.41) is 2.85. The van der Waals surface area contributed by atoms with Crippen molar-refractivity contribution in [2.45, 2.75) is 18.9 Å². The summed E-state index contributed by atoms with van der Waals surface area (Å²) in [5.41, 5.74) is -0.296. The molecule has 0 aromatic carbocycles. The standard InChI is InChI=1S/C10H12N4O3/c1-14-9(16)3-2-6(10(14)17)13-7-4-8(15)12-5-11-7/h4-6H,2-3H2,1H3,(H2,11,12,13,15). The van der Waals surface area contributed by atoms with Crippen LogP contribution in [0.3, 0.4) is 0 Å². The molecular weight excluding hydrogens is 224 g/mol. The van der Waals surface area contributed by atoms with Crippen LogP contribution in [0.4, 0.5) is 5.82 Å². The van der Waals surface area contributed by atoms with Gasteiger partial charge in [0.15, 0.2) is 0 Å². The van der Waals surface area contributed by atoms with E-state index in [0.717, 1.165) is 4.90 Å². The van der Waals surface area contributed by atoms with E-state index in [0.29, 0.717) is 18.7 Å². The Morgan fingerprint density at radius 3 is 2.94 bits per heavy atom. The van der Waals surface area contributed by atoms with E-state index < -0.39 is 6.04 Å². The molecule has 0 aliphatic carbocycles. The Kier molecular flexibility index (Phi) is 2.90. The van der Waals surface area contributed by atoms with Gasteiger partial charge in [0, 0.05) is 19.5 Å². The van der Waals surface area contributed by atoms with Gasteiger partial charge in [-0.2, -0.15) is 0 Å². The highest BCUT2D eigenvalue weighted by atomic mass is 16.2. The first-order valence-electron chi connectivity index (χ1n) is 5.19. The Balaban J connectivity index is 2.12. The fourth-order valence-corrected chi connectivity index (χ4v) is 1.68. The first-order chi connectivity index (χ1) is 8.08. The quantitative estimate of drug-likeness (QED) is 0.664. The van der Waals surface area contributed by atoms with Crippen molar-refractivity contribution in [2.24, 2.45) is 0 Å². The van der Waals surface area contributed by atoms with Crippen LogP contribution in [-0.2, 0) is 9.59 Å². The maximum absolute atomic E-state index is 11.8. The number of amides is 2. The molecule has 1 unspecified atom stereocenters. The number of hydrogen-bond donors (Lipinski definition) is 2. The van der Waals surface area contributed by atoms with E-state index in [1.807, 2.05) is 0 Å². The van der Waals surface area contributed by atoms with Gasteiger partial charge in [0.05, 0.1) is 6.33 Å². The second-order valence-corrected chi connectivity index (χ2v) is 3.82. The average molecular weight is 236 g/mol. The molecule has 0 radical (unpaired) electrons. The Labute approximate surface area is 96.8 Å². The van der Waals surface area contributed by atoms with Crippen molar-refractivity contribution in [1.29, 1.82) is 0 Å². The van der Waals surface area contributed by atoms with Crippen molar-refractivity contribution in [3.05, 3.63) is 22.7 Å². The third-order valence-electron chi connectivity index (χ3n) is 2.65. The SMILES string of the molecule is CN1C(=O)CCC(Nc2cc(=O)[nH]cn2)C1=O. The summed E-state index contributed by atoms with van der Waals surface area (Å²) in [4.78, 5) is 41.4. The Hall–Kier alpha value is -2.18. The number of likely N-dealkylation sites (tertiary alicyclic amines) is 1. The van der Waals surface area contributed by atoms with Gasteiger partial charge in [0.2, 0.25) is 5.91 Å². The fraction of sp³-hybridized carbons (Fsp3) is 0.400. The topological polar surface area (TPSA) is 95.2 Å². The normalized spacial score (nSPS) is 20.5. The van der Waals surface area contributed by atoms with Gasteiger partial charge in [-0.15, -0.1) is 0 Å². The molecule has 1 saturated heterocycles. The molecule has 0 spiro atoms. The Morgan fingerprint density at radius 1 is 1.47 bits per heavy atom. The highest BCUT2D eigenvalue weighted by molar-refractivity contribution is 6.01. The number of nitrogens with one attached hydrogen (secondary N) is 2. The number of likely N-dealkylation sites (N-methyl/N-ethyl adjacent to an activating group) is 1. The number of piperidine rings is 1. The van der Waals surface area contributed by atoms with Gasteiger partial charge in [-0.25, -0.2) is 4.98 Å². The predicted octanol–water partition coefficient (Wildman–Crippen LogP) is -0.671. The number of rotatable bonds is 2. The first-order valence-corrected chi connectivity index (χ1v) is 5.19. The third-order valence-corrected chi connectivity index (χ3v) is 2.65. The lowest BCUT2D eigenvalue weighted by Gasteiger charge is -2.28. The Bertz CT molecular complexity index is 510. The van der Waals surface area contributed by atoms with Gasteiger partial charge in [-0.3, -0.25) is 19.3 Å². The zero-order valence-corrected chi connectivity index (χ0v) is 9.27. The molecule has 2 amide bonds. The smallest absolute Gasteiger partial charge is 0.252 e. The summed E-state index contributed by atoms with van der Waals surface area (Å²) in [7, 11) is 1.45. The van der Waals surface area contributed by atoms with E-state index in [9.17, 15) is 14.4 Å². The van der Waals surface area contributed by atoms with Gasteiger partial charge in [0.25, 0.3) is 11.5 Å². The highest BCUT2D eigenvalue weighted by Gasteiger charge is 2.31. The monoisotopic (exact) mass is 236 g/mol. The molecule has 1 aromatic heterocycles. The fourth-order valence-electron chi connectivity index (χ4n) is 1.68. The number of carbonyl (C=O) groups excluding carboxylic acids is 2. The van der Waals surface area contributed by atoms with Gasteiger partial charge >= 0.3 is 0 Å². The van der Waals surface area contributed by atoms with Gasteiger partial charge in [-0.1, -0.05) is 0 Å². The lowest BCUT2D eigenvalue weighted by atomic mass is 10.0. The van der Waals surface area contributed by atoms with Gasteiger partial charge in [-0.05, 0) is 6.42 Å². The number of hydrogen-bond acceptors (Lipinski definition) is 5. The minimum absolute atomic E-state index is 0.188. The van der Waals surface area contributed by atoms with E-state index in [1.165, 1.54) is 19.4 Å². The number of carbonyl (C=O) groups is 2. The van der Waals surface area contributed by atoms with Crippen LogP contribution in [0.5, 0.6) is 0 Å². The maximum Gasteiger partial charge on any atom is 0.252 e. The number of aromatic nitrogens is 2. The van der Waals surface area contributed by atoms with Crippen molar-refractivity contribution < 1.29 is 9.59 Å². The molecule has 1 aliphatic rings. The van der Waals surface area contributed by atoms with Crippen LogP contribution in [0.25, 0.3) is 0 Å². The summed E-state index contributed by atoms with van der Waals surface area (Å²) in [6, 6.07) is 0.760. The second-order valence-electron chi connectivity index (χ2n) is 3.82. The number of aromatic amines is 1. The number of imide groups is 1. The first kappa shape index (κ1) is 11.3. The molecule has 2 heterocycles. The molecule has 7 nitrogen and oxygen atoms in total. The van der Waals surface area contributed by atoms with Crippen molar-refractivity contribution in [3.63, 3.8) is 0 Å². The zero-order chi connectivity index (χ0) is 12.4. The third kappa shape index (κ3) is 2.32.